The highest BCUT2D eigenvalue weighted by Gasteiger charge is 2.07. The molecular formula is C8H15N3O. The van der Waals surface area contributed by atoms with Crippen molar-refractivity contribution in [2.45, 2.75) is 20.4 Å². The summed E-state index contributed by atoms with van der Waals surface area (Å²) >= 11 is 0. The van der Waals surface area contributed by atoms with Gasteiger partial charge in [0.25, 0.3) is 0 Å². The number of rotatable bonds is 3. The third-order valence-electron chi connectivity index (χ3n) is 2.05. The van der Waals surface area contributed by atoms with Crippen LogP contribution in [0, 0.1) is 13.8 Å². The molecule has 0 atom stereocenters. The van der Waals surface area contributed by atoms with Gasteiger partial charge in [-0.15, -0.1) is 0 Å². The molecule has 0 saturated heterocycles. The van der Waals surface area contributed by atoms with Gasteiger partial charge in [-0.25, -0.2) is 0 Å². The molecule has 12 heavy (non-hydrogen) atoms. The Balaban J connectivity index is 2.82. The number of hydroxylamine groups is 1. The van der Waals surface area contributed by atoms with Crippen LogP contribution >= 0.6 is 0 Å². The fourth-order valence-electron chi connectivity index (χ4n) is 1.20. The Morgan fingerprint density at radius 1 is 1.50 bits per heavy atom. The van der Waals surface area contributed by atoms with Crippen molar-refractivity contribution in [3.63, 3.8) is 0 Å². The quantitative estimate of drug-likeness (QED) is 0.676. The molecule has 1 aromatic heterocycles. The van der Waals surface area contributed by atoms with Gasteiger partial charge in [0, 0.05) is 7.05 Å². The first-order valence-corrected chi connectivity index (χ1v) is 3.91. The monoisotopic (exact) mass is 169 g/mol. The lowest BCUT2D eigenvalue weighted by Gasteiger charge is -2.03. The lowest BCUT2D eigenvalue weighted by atomic mass is 10.2. The van der Waals surface area contributed by atoms with Gasteiger partial charge in [0.2, 0.25) is 0 Å². The number of hydrogen-bond donors (Lipinski definition) is 1. The zero-order chi connectivity index (χ0) is 9.14. The number of aromatic nitrogens is 2. The zero-order valence-electron chi connectivity index (χ0n) is 8.01. The van der Waals surface area contributed by atoms with E-state index in [9.17, 15) is 0 Å². The van der Waals surface area contributed by atoms with Gasteiger partial charge in [-0.2, -0.15) is 10.6 Å². The summed E-state index contributed by atoms with van der Waals surface area (Å²) < 4.78 is 1.87. The molecule has 4 heteroatoms. The molecule has 68 valence electrons. The molecule has 0 fully saturated rings. The van der Waals surface area contributed by atoms with Crippen molar-refractivity contribution in [2.75, 3.05) is 7.11 Å². The van der Waals surface area contributed by atoms with Gasteiger partial charge in [-0.3, -0.25) is 4.68 Å². The Morgan fingerprint density at radius 2 is 2.17 bits per heavy atom. The molecule has 0 spiro atoms. The lowest BCUT2D eigenvalue weighted by molar-refractivity contribution is 0.0848. The molecule has 0 saturated carbocycles. The Morgan fingerprint density at radius 3 is 2.58 bits per heavy atom. The van der Waals surface area contributed by atoms with Crippen LogP contribution in [-0.2, 0) is 18.4 Å². The van der Waals surface area contributed by atoms with E-state index in [1.54, 1.807) is 7.11 Å². The van der Waals surface area contributed by atoms with Crippen molar-refractivity contribution in [1.82, 2.24) is 15.3 Å². The highest BCUT2D eigenvalue weighted by Crippen LogP contribution is 2.10. The minimum Gasteiger partial charge on any atom is -0.305 e. The zero-order valence-corrected chi connectivity index (χ0v) is 8.01. The number of nitrogens with zero attached hydrogens (tertiary/aromatic N) is 2. The molecule has 4 nitrogen and oxygen atoms in total. The topological polar surface area (TPSA) is 39.1 Å². The molecule has 0 unspecified atom stereocenters. The predicted octanol–water partition coefficient (Wildman–Crippen LogP) is 0.688. The molecule has 1 N–H and O–H groups in total. The summed E-state index contributed by atoms with van der Waals surface area (Å²) in [7, 11) is 3.55. The van der Waals surface area contributed by atoms with Crippen LogP contribution in [0.1, 0.15) is 17.0 Å². The van der Waals surface area contributed by atoms with Gasteiger partial charge in [0.1, 0.15) is 0 Å². The van der Waals surface area contributed by atoms with Crippen molar-refractivity contribution in [2.24, 2.45) is 7.05 Å². The molecule has 0 aromatic carbocycles. The van der Waals surface area contributed by atoms with Crippen LogP contribution in [0.15, 0.2) is 0 Å². The van der Waals surface area contributed by atoms with Crippen molar-refractivity contribution in [3.05, 3.63) is 17.0 Å². The summed E-state index contributed by atoms with van der Waals surface area (Å²) in [6, 6.07) is 0. The molecule has 0 radical (unpaired) electrons. The summed E-state index contributed by atoms with van der Waals surface area (Å²) in [6.45, 7) is 4.76. The van der Waals surface area contributed by atoms with Crippen molar-refractivity contribution >= 4 is 0 Å². The lowest BCUT2D eigenvalue weighted by Crippen LogP contribution is -2.14. The van der Waals surface area contributed by atoms with E-state index in [0.717, 1.165) is 11.4 Å². The Labute approximate surface area is 72.5 Å². The van der Waals surface area contributed by atoms with E-state index < -0.39 is 0 Å². The summed E-state index contributed by atoms with van der Waals surface area (Å²) in [6.07, 6.45) is 0. The number of nitrogens with one attached hydrogen (secondary N) is 1. The molecule has 1 aromatic rings. The van der Waals surface area contributed by atoms with Gasteiger partial charge in [-0.05, 0) is 19.4 Å². The van der Waals surface area contributed by atoms with Crippen molar-refractivity contribution in [1.29, 1.82) is 0 Å². The van der Waals surface area contributed by atoms with Crippen LogP contribution < -0.4 is 5.48 Å². The van der Waals surface area contributed by atoms with E-state index in [-0.39, 0.29) is 0 Å². The average Bonchev–Trinajstić information content (AvgIpc) is 2.25. The van der Waals surface area contributed by atoms with Gasteiger partial charge < -0.3 is 4.84 Å². The first-order valence-electron chi connectivity index (χ1n) is 3.91. The summed E-state index contributed by atoms with van der Waals surface area (Å²) in [5, 5.41) is 4.28. The maximum atomic E-state index is 4.77. The highest BCUT2D eigenvalue weighted by molar-refractivity contribution is 5.23. The Bertz CT molecular complexity index is 268. The van der Waals surface area contributed by atoms with Crippen LogP contribution in [0.2, 0.25) is 0 Å². The van der Waals surface area contributed by atoms with Crippen molar-refractivity contribution in [3.8, 4) is 0 Å². The fourth-order valence-corrected chi connectivity index (χ4v) is 1.20. The molecule has 0 amide bonds. The van der Waals surface area contributed by atoms with E-state index in [1.807, 2.05) is 18.7 Å². The standard InChI is InChI=1S/C8H15N3O/c1-6-7(2)10-11(3)8(6)5-9-12-4/h9H,5H2,1-4H3. The first kappa shape index (κ1) is 9.22. The maximum Gasteiger partial charge on any atom is 0.0633 e. The predicted molar refractivity (Wildman–Crippen MR) is 46.5 cm³/mol. The molecule has 0 aliphatic rings. The van der Waals surface area contributed by atoms with Gasteiger partial charge in [0.05, 0.1) is 25.0 Å². The van der Waals surface area contributed by atoms with Gasteiger partial charge in [-0.1, -0.05) is 0 Å². The minimum absolute atomic E-state index is 0.694. The average molecular weight is 169 g/mol. The molecule has 1 heterocycles. The second-order valence-electron chi connectivity index (χ2n) is 2.81. The van der Waals surface area contributed by atoms with Gasteiger partial charge in [0.15, 0.2) is 0 Å². The summed E-state index contributed by atoms with van der Waals surface area (Å²) in [5.41, 5.74) is 6.26. The molecule has 0 aliphatic carbocycles. The smallest absolute Gasteiger partial charge is 0.0633 e. The fraction of sp³-hybridized carbons (Fsp3) is 0.625. The summed E-state index contributed by atoms with van der Waals surface area (Å²) in [5.74, 6) is 0. The van der Waals surface area contributed by atoms with Crippen LogP contribution in [0.3, 0.4) is 0 Å². The SMILES string of the molecule is CONCc1c(C)c(C)nn1C. The van der Waals surface area contributed by atoms with Gasteiger partial charge >= 0.3 is 0 Å². The highest BCUT2D eigenvalue weighted by atomic mass is 16.6. The van der Waals surface area contributed by atoms with E-state index in [4.69, 9.17) is 4.84 Å². The summed E-state index contributed by atoms with van der Waals surface area (Å²) in [4.78, 5) is 4.77. The molecule has 0 aliphatic heterocycles. The van der Waals surface area contributed by atoms with Crippen LogP contribution in [0.25, 0.3) is 0 Å². The minimum atomic E-state index is 0.694. The molecular weight excluding hydrogens is 154 g/mol. The Hall–Kier alpha value is -0.870. The number of aryl methyl sites for hydroxylation is 2. The van der Waals surface area contributed by atoms with Crippen molar-refractivity contribution < 1.29 is 4.84 Å². The normalized spacial score (nSPS) is 10.7. The third-order valence-corrected chi connectivity index (χ3v) is 2.05. The molecule has 1 rings (SSSR count). The number of hydrogen-bond acceptors (Lipinski definition) is 3. The second kappa shape index (κ2) is 3.69. The Kier molecular flexibility index (Phi) is 2.83. The van der Waals surface area contributed by atoms with Crippen LogP contribution in [-0.4, -0.2) is 16.9 Å². The first-order chi connectivity index (χ1) is 5.66. The molecule has 0 bridgehead atoms. The second-order valence-corrected chi connectivity index (χ2v) is 2.81. The van der Waals surface area contributed by atoms with E-state index in [2.05, 4.69) is 17.5 Å². The van der Waals surface area contributed by atoms with E-state index >= 15 is 0 Å². The maximum absolute atomic E-state index is 4.77. The van der Waals surface area contributed by atoms with Crippen LogP contribution in [0.5, 0.6) is 0 Å². The van der Waals surface area contributed by atoms with E-state index in [0.29, 0.717) is 6.54 Å². The van der Waals surface area contributed by atoms with Crippen LogP contribution in [0.4, 0.5) is 0 Å². The largest absolute Gasteiger partial charge is 0.305 e. The third kappa shape index (κ3) is 1.65. The van der Waals surface area contributed by atoms with E-state index in [1.165, 1.54) is 5.56 Å².